The number of nitrogen functional groups attached to an aromatic ring is 1. The van der Waals surface area contributed by atoms with E-state index in [0.29, 0.717) is 5.69 Å². The summed E-state index contributed by atoms with van der Waals surface area (Å²) in [5, 5.41) is 9.32. The summed E-state index contributed by atoms with van der Waals surface area (Å²) in [5.41, 5.74) is 9.66. The van der Waals surface area contributed by atoms with Crippen LogP contribution in [0, 0.1) is 0 Å². The van der Waals surface area contributed by atoms with Crippen LogP contribution in [0.4, 0.5) is 5.69 Å². The largest absolute Gasteiger partial charge is 0.481 e. The first kappa shape index (κ1) is 15.6. The van der Waals surface area contributed by atoms with Gasteiger partial charge in [-0.2, -0.15) is 0 Å². The number of nitrogens with two attached hydrogens (primary N) is 1. The van der Waals surface area contributed by atoms with E-state index in [1.807, 2.05) is 54.6 Å². The van der Waals surface area contributed by atoms with Gasteiger partial charge in [-0.05, 0) is 47.5 Å². The van der Waals surface area contributed by atoms with Crippen molar-refractivity contribution in [1.82, 2.24) is 0 Å². The van der Waals surface area contributed by atoms with Crippen LogP contribution in [0.5, 0.6) is 0 Å². The fraction of sp³-hybridized carbons (Fsp3) is 0.0500. The third-order valence-corrected chi connectivity index (χ3v) is 3.71. The van der Waals surface area contributed by atoms with E-state index >= 15 is 0 Å². The van der Waals surface area contributed by atoms with Crippen LogP contribution in [0.25, 0.3) is 11.2 Å². The van der Waals surface area contributed by atoms with E-state index in [9.17, 15) is 9.90 Å². The Balaban J connectivity index is 0.000000198. The van der Waals surface area contributed by atoms with Gasteiger partial charge in [0.05, 0.1) is 0 Å². The van der Waals surface area contributed by atoms with Crippen LogP contribution in [-0.4, -0.2) is 11.1 Å². The number of rotatable bonds is 3. The monoisotopic (exact) mass is 319 g/mol. The van der Waals surface area contributed by atoms with Crippen LogP contribution in [0.3, 0.4) is 0 Å². The lowest BCUT2D eigenvalue weighted by atomic mass is 9.91. The molecule has 0 fully saturated rings. The fourth-order valence-electron chi connectivity index (χ4n) is 2.52. The zero-order chi connectivity index (χ0) is 16.9. The Kier molecular flexibility index (Phi) is 4.47. The fourth-order valence-corrected chi connectivity index (χ4v) is 2.52. The van der Waals surface area contributed by atoms with Crippen molar-refractivity contribution in [1.29, 1.82) is 0 Å². The van der Waals surface area contributed by atoms with Gasteiger partial charge in [0, 0.05) is 5.69 Å². The smallest absolute Gasteiger partial charge is 0.315 e. The van der Waals surface area contributed by atoms with Gasteiger partial charge in [0.25, 0.3) is 0 Å². The maximum atomic E-state index is 11.4. The Morgan fingerprint density at radius 3 is 1.71 bits per heavy atom. The molecule has 0 saturated carbocycles. The van der Waals surface area contributed by atoms with Crippen molar-refractivity contribution in [2.24, 2.45) is 0 Å². The zero-order valence-electron chi connectivity index (χ0n) is 12.9. The lowest BCUT2D eigenvalue weighted by molar-refractivity contribution is -0.137. The molecular weight excluding hydrogens is 302 g/mol. The van der Waals surface area contributed by atoms with Crippen molar-refractivity contribution >= 4 is 22.8 Å². The lowest BCUT2D eigenvalue weighted by Crippen LogP contribution is -2.12. The number of fused-ring (bicyclic) bond motifs is 2. The van der Waals surface area contributed by atoms with Gasteiger partial charge in [-0.25, -0.2) is 0 Å². The van der Waals surface area contributed by atoms with E-state index in [4.69, 9.17) is 10.2 Å². The van der Waals surface area contributed by atoms with Gasteiger partial charge in [0.2, 0.25) is 0 Å². The number of benzene rings is 3. The van der Waals surface area contributed by atoms with Crippen LogP contribution >= 0.6 is 0 Å². The van der Waals surface area contributed by atoms with Crippen LogP contribution in [-0.2, 0) is 4.79 Å². The van der Waals surface area contributed by atoms with Gasteiger partial charge in [0.15, 0.2) is 0 Å². The molecule has 3 N–H and O–H groups in total. The topological polar surface area (TPSA) is 76.5 Å². The highest BCUT2D eigenvalue weighted by Gasteiger charge is 2.21. The molecule has 1 unspecified atom stereocenters. The maximum Gasteiger partial charge on any atom is 0.315 e. The molecule has 1 atom stereocenters. The van der Waals surface area contributed by atoms with E-state index in [0.717, 1.165) is 22.3 Å². The van der Waals surface area contributed by atoms with E-state index in [1.54, 1.807) is 24.3 Å². The molecule has 0 radical (unpaired) electrons. The quantitative estimate of drug-likeness (QED) is 0.550. The zero-order valence-corrected chi connectivity index (χ0v) is 12.9. The Bertz CT molecular complexity index is 852. The summed E-state index contributed by atoms with van der Waals surface area (Å²) in [6.45, 7) is 0. The highest BCUT2D eigenvalue weighted by molar-refractivity contribution is 5.80. The SMILES string of the molecule is Nc1ccc(C(C(=O)O)c2ccccc2)cc1.c1cc2ccc1o2. The first-order chi connectivity index (χ1) is 11.6. The molecule has 24 heavy (non-hydrogen) atoms. The maximum absolute atomic E-state index is 11.4. The van der Waals surface area contributed by atoms with Crippen molar-refractivity contribution in [3.05, 3.63) is 90.0 Å². The van der Waals surface area contributed by atoms with Gasteiger partial charge in [-0.3, -0.25) is 4.79 Å². The predicted molar refractivity (Wildman–Crippen MR) is 94.2 cm³/mol. The van der Waals surface area contributed by atoms with Gasteiger partial charge in [-0.1, -0.05) is 42.5 Å². The Morgan fingerprint density at radius 1 is 0.792 bits per heavy atom. The Hall–Kier alpha value is -3.27. The molecule has 0 aliphatic rings. The molecule has 0 saturated heterocycles. The molecule has 4 rings (SSSR count). The second kappa shape index (κ2) is 6.87. The first-order valence-electron chi connectivity index (χ1n) is 7.54. The number of hydrogen-bond acceptors (Lipinski definition) is 3. The van der Waals surface area contributed by atoms with Gasteiger partial charge in [0.1, 0.15) is 17.1 Å². The molecule has 0 spiro atoms. The molecule has 0 amide bonds. The number of hydrogen-bond donors (Lipinski definition) is 2. The average Bonchev–Trinajstić information content (AvgIpc) is 3.24. The molecule has 4 aromatic rings. The van der Waals surface area contributed by atoms with E-state index in [-0.39, 0.29) is 0 Å². The average molecular weight is 319 g/mol. The molecule has 2 aromatic carbocycles. The molecular formula is C20H17NO3. The summed E-state index contributed by atoms with van der Waals surface area (Å²) in [7, 11) is 0. The van der Waals surface area contributed by atoms with Gasteiger partial charge >= 0.3 is 5.97 Å². The number of carbonyl (C=O) groups is 1. The minimum atomic E-state index is -0.860. The number of furan rings is 2. The molecule has 0 aliphatic heterocycles. The third-order valence-electron chi connectivity index (χ3n) is 3.71. The highest BCUT2D eigenvalue weighted by atomic mass is 16.4. The molecule has 2 aromatic heterocycles. The highest BCUT2D eigenvalue weighted by Crippen LogP contribution is 2.25. The molecule has 2 heterocycles. The lowest BCUT2D eigenvalue weighted by Gasteiger charge is -2.13. The molecule has 4 nitrogen and oxygen atoms in total. The normalized spacial score (nSPS) is 11.7. The molecule has 4 heteroatoms. The number of aliphatic carboxylic acids is 1. The Morgan fingerprint density at radius 2 is 1.29 bits per heavy atom. The van der Waals surface area contributed by atoms with Crippen LogP contribution in [0.1, 0.15) is 17.0 Å². The van der Waals surface area contributed by atoms with Crippen molar-refractivity contribution in [2.45, 2.75) is 5.92 Å². The van der Waals surface area contributed by atoms with Gasteiger partial charge in [-0.15, -0.1) is 0 Å². The van der Waals surface area contributed by atoms with Crippen LogP contribution < -0.4 is 5.73 Å². The number of carboxylic acids is 1. The molecule has 2 bridgehead atoms. The van der Waals surface area contributed by atoms with Crippen molar-refractivity contribution in [3.8, 4) is 0 Å². The van der Waals surface area contributed by atoms with Crippen molar-refractivity contribution < 1.29 is 14.3 Å². The molecule has 0 aliphatic carbocycles. The summed E-state index contributed by atoms with van der Waals surface area (Å²) >= 11 is 0. The van der Waals surface area contributed by atoms with Crippen molar-refractivity contribution in [2.75, 3.05) is 5.73 Å². The number of carboxylic acid groups (broad SMARTS) is 1. The van der Waals surface area contributed by atoms with E-state index in [2.05, 4.69) is 0 Å². The predicted octanol–water partition coefficient (Wildman–Crippen LogP) is 4.36. The number of anilines is 1. The second-order valence-corrected chi connectivity index (χ2v) is 5.42. The second-order valence-electron chi connectivity index (χ2n) is 5.42. The summed E-state index contributed by atoms with van der Waals surface area (Å²) in [4.78, 5) is 11.4. The summed E-state index contributed by atoms with van der Waals surface area (Å²) in [5.74, 6) is -1.50. The summed E-state index contributed by atoms with van der Waals surface area (Å²) in [6.07, 6.45) is 0. The first-order valence-corrected chi connectivity index (χ1v) is 7.54. The van der Waals surface area contributed by atoms with Gasteiger partial charge < -0.3 is 15.3 Å². The summed E-state index contributed by atoms with van der Waals surface area (Å²) in [6, 6.07) is 23.9. The van der Waals surface area contributed by atoms with Crippen LogP contribution in [0.15, 0.2) is 83.3 Å². The minimum absolute atomic E-state index is 0.631. The van der Waals surface area contributed by atoms with Crippen molar-refractivity contribution in [3.63, 3.8) is 0 Å². The third kappa shape index (κ3) is 3.55. The molecule has 120 valence electrons. The Labute approximate surface area is 139 Å². The summed E-state index contributed by atoms with van der Waals surface area (Å²) < 4.78 is 5.08. The van der Waals surface area contributed by atoms with E-state index in [1.165, 1.54) is 0 Å². The minimum Gasteiger partial charge on any atom is -0.481 e. The van der Waals surface area contributed by atoms with E-state index < -0.39 is 11.9 Å². The standard InChI is InChI=1S/C14H13NO2.C6H4O/c15-12-8-6-11(7-9-12)13(14(16)17)10-4-2-1-3-5-10;1-2-6-4-3-5(1)7-6/h1-9,13H,15H2,(H,16,17);1-4H. The van der Waals surface area contributed by atoms with Crippen LogP contribution in [0.2, 0.25) is 0 Å².